The molecule has 0 amide bonds. The summed E-state index contributed by atoms with van der Waals surface area (Å²) in [5, 5.41) is -0.0153. The molecule has 0 aromatic heterocycles. The first-order valence-corrected chi connectivity index (χ1v) is 5.05. The van der Waals surface area contributed by atoms with Crippen LogP contribution in [0.4, 0.5) is 4.39 Å². The Kier molecular flexibility index (Phi) is 3.83. The van der Waals surface area contributed by atoms with E-state index in [4.69, 9.17) is 17.3 Å². The molecule has 15 heavy (non-hydrogen) atoms. The molecule has 0 radical (unpaired) electrons. The van der Waals surface area contributed by atoms with Crippen molar-refractivity contribution < 1.29 is 9.18 Å². The maximum atomic E-state index is 13.6. The Morgan fingerprint density at radius 1 is 1.53 bits per heavy atom. The van der Waals surface area contributed by atoms with Crippen LogP contribution in [0.25, 0.3) is 0 Å². The first kappa shape index (κ1) is 12.1. The Morgan fingerprint density at radius 3 is 2.67 bits per heavy atom. The molecule has 0 heterocycles. The molecule has 0 fully saturated rings. The summed E-state index contributed by atoms with van der Waals surface area (Å²) in [7, 11) is 0. The molecule has 0 aliphatic rings. The third-order valence-electron chi connectivity index (χ3n) is 2.39. The van der Waals surface area contributed by atoms with Gasteiger partial charge in [-0.25, -0.2) is 4.39 Å². The number of benzene rings is 1. The molecule has 0 saturated carbocycles. The van der Waals surface area contributed by atoms with Crippen molar-refractivity contribution in [3.05, 3.63) is 33.6 Å². The molecule has 0 spiro atoms. The number of Topliss-reactive ketones (excluding diaryl/α,β-unsaturated/α-hetero) is 1. The molecule has 0 atom stereocenters. The molecule has 2 N–H and O–H groups in total. The first-order valence-electron chi connectivity index (χ1n) is 4.67. The Bertz CT molecular complexity index is 378. The summed E-state index contributed by atoms with van der Waals surface area (Å²) in [6.07, 6.45) is 0.136. The van der Waals surface area contributed by atoms with Gasteiger partial charge in [-0.1, -0.05) is 11.6 Å². The maximum Gasteiger partial charge on any atom is 0.167 e. The van der Waals surface area contributed by atoms with Gasteiger partial charge in [-0.15, -0.1) is 0 Å². The summed E-state index contributed by atoms with van der Waals surface area (Å²) in [5.74, 6) is -0.934. The number of aryl methyl sites for hydroxylation is 1. The van der Waals surface area contributed by atoms with Crippen LogP contribution in [0.5, 0.6) is 0 Å². The van der Waals surface area contributed by atoms with Crippen LogP contribution >= 0.6 is 11.6 Å². The fourth-order valence-corrected chi connectivity index (χ4v) is 1.69. The van der Waals surface area contributed by atoms with Crippen LogP contribution in [0.2, 0.25) is 5.02 Å². The van der Waals surface area contributed by atoms with Crippen LogP contribution in [-0.2, 0) is 0 Å². The van der Waals surface area contributed by atoms with Gasteiger partial charge in [-0.05, 0) is 37.6 Å². The summed E-state index contributed by atoms with van der Waals surface area (Å²) in [6, 6.07) is 1.52. The molecule has 0 aliphatic heterocycles. The van der Waals surface area contributed by atoms with Crippen molar-refractivity contribution in [2.45, 2.75) is 20.3 Å². The van der Waals surface area contributed by atoms with Crippen molar-refractivity contribution >= 4 is 17.4 Å². The fourth-order valence-electron chi connectivity index (χ4n) is 1.43. The number of hydrogen-bond donors (Lipinski definition) is 1. The predicted octanol–water partition coefficient (Wildman–Crippen LogP) is 2.63. The Labute approximate surface area is 93.2 Å². The molecule has 0 saturated heterocycles. The van der Waals surface area contributed by atoms with Crippen LogP contribution in [-0.4, -0.2) is 12.3 Å². The van der Waals surface area contributed by atoms with Gasteiger partial charge < -0.3 is 5.73 Å². The smallest absolute Gasteiger partial charge is 0.167 e. The standard InChI is InChI=1S/C11H13ClFNO/c1-6-5-8(12)11(13)10(7(6)2)9(15)3-4-14/h5H,3-4,14H2,1-2H3. The van der Waals surface area contributed by atoms with Gasteiger partial charge in [0.15, 0.2) is 11.6 Å². The van der Waals surface area contributed by atoms with E-state index in [2.05, 4.69) is 0 Å². The van der Waals surface area contributed by atoms with Crippen LogP contribution in [0.15, 0.2) is 6.07 Å². The molecule has 2 nitrogen and oxygen atoms in total. The fraction of sp³-hybridized carbons (Fsp3) is 0.364. The summed E-state index contributed by atoms with van der Waals surface area (Å²) in [6.45, 7) is 3.71. The molecule has 82 valence electrons. The van der Waals surface area contributed by atoms with E-state index in [1.165, 1.54) is 6.07 Å². The second-order valence-corrected chi connectivity index (χ2v) is 3.86. The zero-order valence-corrected chi connectivity index (χ0v) is 9.49. The van der Waals surface area contributed by atoms with Gasteiger partial charge in [0, 0.05) is 6.42 Å². The summed E-state index contributed by atoms with van der Waals surface area (Å²) < 4.78 is 13.6. The molecular weight excluding hydrogens is 217 g/mol. The van der Waals surface area contributed by atoms with E-state index in [9.17, 15) is 9.18 Å². The zero-order valence-electron chi connectivity index (χ0n) is 8.73. The highest BCUT2D eigenvalue weighted by Crippen LogP contribution is 2.25. The van der Waals surface area contributed by atoms with Crippen LogP contribution in [0, 0.1) is 19.7 Å². The van der Waals surface area contributed by atoms with Gasteiger partial charge in [-0.2, -0.15) is 0 Å². The molecule has 0 unspecified atom stereocenters. The van der Waals surface area contributed by atoms with Crippen molar-refractivity contribution in [1.29, 1.82) is 0 Å². The van der Waals surface area contributed by atoms with E-state index in [0.717, 1.165) is 5.56 Å². The van der Waals surface area contributed by atoms with Crippen LogP contribution < -0.4 is 5.73 Å². The molecular formula is C11H13ClFNO. The summed E-state index contributed by atoms with van der Waals surface area (Å²) in [4.78, 5) is 11.6. The SMILES string of the molecule is Cc1cc(Cl)c(F)c(C(=O)CCN)c1C. The number of carbonyl (C=O) groups is 1. The van der Waals surface area contributed by atoms with Gasteiger partial charge in [0.1, 0.15) is 0 Å². The van der Waals surface area contributed by atoms with E-state index >= 15 is 0 Å². The van der Waals surface area contributed by atoms with Gasteiger partial charge in [0.25, 0.3) is 0 Å². The third kappa shape index (κ3) is 2.36. The average Bonchev–Trinajstić information content (AvgIpc) is 2.16. The summed E-state index contributed by atoms with van der Waals surface area (Å²) >= 11 is 5.68. The molecule has 1 aromatic carbocycles. The van der Waals surface area contributed by atoms with E-state index in [0.29, 0.717) is 5.56 Å². The number of rotatable bonds is 3. The van der Waals surface area contributed by atoms with Crippen molar-refractivity contribution in [2.75, 3.05) is 6.54 Å². The second kappa shape index (κ2) is 4.73. The van der Waals surface area contributed by atoms with Crippen molar-refractivity contribution in [3.8, 4) is 0 Å². The van der Waals surface area contributed by atoms with Crippen LogP contribution in [0.1, 0.15) is 27.9 Å². The number of ketones is 1. The monoisotopic (exact) mass is 229 g/mol. The quantitative estimate of drug-likeness (QED) is 0.810. The first-order chi connectivity index (χ1) is 6.99. The lowest BCUT2D eigenvalue weighted by atomic mass is 9.98. The third-order valence-corrected chi connectivity index (χ3v) is 2.66. The molecule has 0 bridgehead atoms. The highest BCUT2D eigenvalue weighted by atomic mass is 35.5. The van der Waals surface area contributed by atoms with E-state index in [1.807, 2.05) is 0 Å². The van der Waals surface area contributed by atoms with Crippen LogP contribution in [0.3, 0.4) is 0 Å². The molecule has 1 aromatic rings. The number of hydrogen-bond acceptors (Lipinski definition) is 2. The van der Waals surface area contributed by atoms with E-state index < -0.39 is 5.82 Å². The summed E-state index contributed by atoms with van der Waals surface area (Å²) in [5.41, 5.74) is 6.78. The van der Waals surface area contributed by atoms with Gasteiger partial charge >= 0.3 is 0 Å². The van der Waals surface area contributed by atoms with Gasteiger partial charge in [0.2, 0.25) is 0 Å². The molecule has 1 rings (SSSR count). The average molecular weight is 230 g/mol. The van der Waals surface area contributed by atoms with Gasteiger partial charge in [0.05, 0.1) is 10.6 Å². The van der Waals surface area contributed by atoms with E-state index in [1.54, 1.807) is 13.8 Å². The second-order valence-electron chi connectivity index (χ2n) is 3.45. The Morgan fingerprint density at radius 2 is 2.13 bits per heavy atom. The van der Waals surface area contributed by atoms with Crippen molar-refractivity contribution in [3.63, 3.8) is 0 Å². The molecule has 4 heteroatoms. The number of nitrogens with two attached hydrogens (primary N) is 1. The lowest BCUT2D eigenvalue weighted by Crippen LogP contribution is -2.12. The molecule has 0 aliphatic carbocycles. The minimum atomic E-state index is -0.641. The predicted molar refractivity (Wildman–Crippen MR) is 58.9 cm³/mol. The van der Waals surface area contributed by atoms with Crippen molar-refractivity contribution in [1.82, 2.24) is 0 Å². The minimum absolute atomic E-state index is 0.0153. The topological polar surface area (TPSA) is 43.1 Å². The zero-order chi connectivity index (χ0) is 11.6. The number of carbonyl (C=O) groups excluding carboxylic acids is 1. The largest absolute Gasteiger partial charge is 0.330 e. The lowest BCUT2D eigenvalue weighted by Gasteiger charge is -2.10. The number of halogens is 2. The maximum absolute atomic E-state index is 13.6. The van der Waals surface area contributed by atoms with Gasteiger partial charge in [-0.3, -0.25) is 4.79 Å². The lowest BCUT2D eigenvalue weighted by molar-refractivity contribution is 0.0981. The normalized spacial score (nSPS) is 10.5. The highest BCUT2D eigenvalue weighted by Gasteiger charge is 2.18. The Balaban J connectivity index is 3.32. The van der Waals surface area contributed by atoms with Crippen molar-refractivity contribution in [2.24, 2.45) is 5.73 Å². The Hall–Kier alpha value is -0.930. The minimum Gasteiger partial charge on any atom is -0.330 e. The highest BCUT2D eigenvalue weighted by molar-refractivity contribution is 6.31. The van der Waals surface area contributed by atoms with E-state index in [-0.39, 0.29) is 29.3 Å².